The zero-order valence-corrected chi connectivity index (χ0v) is 14.7. The Labute approximate surface area is 149 Å². The summed E-state index contributed by atoms with van der Waals surface area (Å²) in [5.41, 5.74) is 6.22. The molecule has 2 aromatic rings. The van der Waals surface area contributed by atoms with E-state index in [1.807, 2.05) is 48.5 Å². The minimum Gasteiger partial charge on any atom is -0.497 e. The number of carbonyl (C=O) groups is 1. The molecule has 0 aliphatic heterocycles. The lowest BCUT2D eigenvalue weighted by molar-refractivity contribution is -0.116. The van der Waals surface area contributed by atoms with Crippen LogP contribution < -0.4 is 20.5 Å². The minimum absolute atomic E-state index is 0.0363. The van der Waals surface area contributed by atoms with Crippen molar-refractivity contribution in [2.45, 2.75) is 32.1 Å². The van der Waals surface area contributed by atoms with E-state index in [2.05, 4.69) is 5.32 Å². The molecular formula is C20H26N2O3. The fourth-order valence-corrected chi connectivity index (χ4v) is 2.41. The second-order valence-electron chi connectivity index (χ2n) is 5.81. The molecule has 0 saturated carbocycles. The number of ether oxygens (including phenoxy) is 2. The Hall–Kier alpha value is -2.53. The molecule has 0 spiro atoms. The topological polar surface area (TPSA) is 73.6 Å². The number of anilines is 1. The number of hydrogen-bond acceptors (Lipinski definition) is 4. The normalized spacial score (nSPS) is 10.3. The van der Waals surface area contributed by atoms with Gasteiger partial charge in [-0.3, -0.25) is 4.79 Å². The Bertz CT molecular complexity index is 656. The molecular weight excluding hydrogens is 316 g/mol. The van der Waals surface area contributed by atoms with Crippen molar-refractivity contribution < 1.29 is 14.3 Å². The van der Waals surface area contributed by atoms with E-state index >= 15 is 0 Å². The van der Waals surface area contributed by atoms with Crippen molar-refractivity contribution in [3.8, 4) is 17.2 Å². The van der Waals surface area contributed by atoms with Gasteiger partial charge >= 0.3 is 0 Å². The van der Waals surface area contributed by atoms with Gasteiger partial charge in [0.15, 0.2) is 0 Å². The number of hydrogen-bond donors (Lipinski definition) is 2. The third-order valence-corrected chi connectivity index (χ3v) is 3.77. The van der Waals surface area contributed by atoms with Crippen LogP contribution in [0.2, 0.25) is 0 Å². The van der Waals surface area contributed by atoms with Gasteiger partial charge in [0.05, 0.1) is 7.11 Å². The number of nitrogens with one attached hydrogen (secondary N) is 1. The first-order valence-electron chi connectivity index (χ1n) is 8.63. The molecule has 0 unspecified atom stereocenters. The van der Waals surface area contributed by atoms with Gasteiger partial charge in [-0.15, -0.1) is 0 Å². The van der Waals surface area contributed by atoms with E-state index in [1.54, 1.807) is 7.11 Å². The molecule has 0 aliphatic carbocycles. The first-order valence-corrected chi connectivity index (χ1v) is 8.63. The average Bonchev–Trinajstić information content (AvgIpc) is 2.63. The molecule has 2 rings (SSSR count). The molecule has 2 aromatic carbocycles. The van der Waals surface area contributed by atoms with Gasteiger partial charge in [-0.2, -0.15) is 0 Å². The quantitative estimate of drug-likeness (QED) is 0.630. The Kier molecular flexibility index (Phi) is 7.79. The third kappa shape index (κ3) is 6.85. The molecule has 134 valence electrons. The summed E-state index contributed by atoms with van der Waals surface area (Å²) in [6, 6.07) is 14.7. The monoisotopic (exact) mass is 342 g/mol. The molecule has 0 bridgehead atoms. The Morgan fingerprint density at radius 1 is 0.960 bits per heavy atom. The lowest BCUT2D eigenvalue weighted by atomic mass is 10.1. The van der Waals surface area contributed by atoms with E-state index < -0.39 is 0 Å². The molecule has 5 heteroatoms. The summed E-state index contributed by atoms with van der Waals surface area (Å²) in [4.78, 5) is 11.9. The summed E-state index contributed by atoms with van der Waals surface area (Å²) in [7, 11) is 1.62. The molecule has 0 radical (unpaired) electrons. The number of amides is 1. The molecule has 3 N–H and O–H groups in total. The fourth-order valence-electron chi connectivity index (χ4n) is 2.41. The highest BCUT2D eigenvalue weighted by atomic mass is 16.5. The SMILES string of the molecule is COc1cccc(Oc2ccc(NC(=O)CCCCCCN)cc2)c1. The van der Waals surface area contributed by atoms with Crippen LogP contribution in [-0.2, 0) is 4.79 Å². The summed E-state index contributed by atoms with van der Waals surface area (Å²) in [5, 5.41) is 2.90. The molecule has 1 amide bonds. The van der Waals surface area contributed by atoms with E-state index in [9.17, 15) is 4.79 Å². The van der Waals surface area contributed by atoms with Crippen LogP contribution in [0.25, 0.3) is 0 Å². The van der Waals surface area contributed by atoms with Gasteiger partial charge in [0, 0.05) is 18.2 Å². The van der Waals surface area contributed by atoms with Gasteiger partial charge in [-0.25, -0.2) is 0 Å². The number of carbonyl (C=O) groups excluding carboxylic acids is 1. The molecule has 0 aromatic heterocycles. The highest BCUT2D eigenvalue weighted by Gasteiger charge is 2.04. The maximum absolute atomic E-state index is 11.9. The van der Waals surface area contributed by atoms with Crippen LogP contribution in [0, 0.1) is 0 Å². The zero-order chi connectivity index (χ0) is 17.9. The summed E-state index contributed by atoms with van der Waals surface area (Å²) < 4.78 is 11.0. The van der Waals surface area contributed by atoms with Crippen LogP contribution in [-0.4, -0.2) is 19.6 Å². The van der Waals surface area contributed by atoms with Crippen molar-refractivity contribution in [2.75, 3.05) is 19.0 Å². The number of rotatable bonds is 10. The molecule has 25 heavy (non-hydrogen) atoms. The summed E-state index contributed by atoms with van der Waals surface area (Å²) in [5.74, 6) is 2.18. The predicted octanol–water partition coefficient (Wildman–Crippen LogP) is 4.34. The second-order valence-corrected chi connectivity index (χ2v) is 5.81. The maximum Gasteiger partial charge on any atom is 0.224 e. The highest BCUT2D eigenvalue weighted by molar-refractivity contribution is 5.90. The first-order chi connectivity index (χ1) is 12.2. The molecule has 0 saturated heterocycles. The van der Waals surface area contributed by atoms with Crippen molar-refractivity contribution in [1.29, 1.82) is 0 Å². The number of unbranched alkanes of at least 4 members (excludes halogenated alkanes) is 3. The second kappa shape index (κ2) is 10.4. The van der Waals surface area contributed by atoms with E-state index in [0.29, 0.717) is 17.9 Å². The Balaban J connectivity index is 1.80. The molecule has 0 fully saturated rings. The largest absolute Gasteiger partial charge is 0.497 e. The third-order valence-electron chi connectivity index (χ3n) is 3.77. The molecule has 5 nitrogen and oxygen atoms in total. The zero-order valence-electron chi connectivity index (χ0n) is 14.7. The Morgan fingerprint density at radius 3 is 2.40 bits per heavy atom. The molecule has 0 atom stereocenters. The van der Waals surface area contributed by atoms with Crippen LogP contribution in [0.3, 0.4) is 0 Å². The van der Waals surface area contributed by atoms with Gasteiger partial charge < -0.3 is 20.5 Å². The van der Waals surface area contributed by atoms with Gasteiger partial charge in [0.2, 0.25) is 5.91 Å². The predicted molar refractivity (Wildman–Crippen MR) is 100 cm³/mol. The van der Waals surface area contributed by atoms with Crippen molar-refractivity contribution in [3.05, 3.63) is 48.5 Å². The lowest BCUT2D eigenvalue weighted by Crippen LogP contribution is -2.11. The van der Waals surface area contributed by atoms with Crippen molar-refractivity contribution in [3.63, 3.8) is 0 Å². The van der Waals surface area contributed by atoms with Crippen LogP contribution >= 0.6 is 0 Å². The summed E-state index contributed by atoms with van der Waals surface area (Å²) in [6.45, 7) is 0.719. The number of benzene rings is 2. The number of methoxy groups -OCH3 is 1. The van der Waals surface area contributed by atoms with Crippen LogP contribution in [0.5, 0.6) is 17.2 Å². The molecule has 0 aliphatic rings. The van der Waals surface area contributed by atoms with Crippen molar-refractivity contribution >= 4 is 11.6 Å². The van der Waals surface area contributed by atoms with Gasteiger partial charge in [-0.1, -0.05) is 18.9 Å². The van der Waals surface area contributed by atoms with Crippen LogP contribution in [0.1, 0.15) is 32.1 Å². The van der Waals surface area contributed by atoms with E-state index in [-0.39, 0.29) is 5.91 Å². The average molecular weight is 342 g/mol. The first kappa shape index (κ1) is 18.8. The summed E-state index contributed by atoms with van der Waals surface area (Å²) >= 11 is 0. The van der Waals surface area contributed by atoms with E-state index in [1.165, 1.54) is 0 Å². The van der Waals surface area contributed by atoms with Crippen LogP contribution in [0.15, 0.2) is 48.5 Å². The lowest BCUT2D eigenvalue weighted by Gasteiger charge is -2.09. The standard InChI is InChI=1S/C20H26N2O3/c1-24-18-7-6-8-19(15-18)25-17-12-10-16(11-13-17)22-20(23)9-4-2-3-5-14-21/h6-8,10-13,15H,2-5,9,14,21H2,1H3,(H,22,23). The van der Waals surface area contributed by atoms with Crippen LogP contribution in [0.4, 0.5) is 5.69 Å². The highest BCUT2D eigenvalue weighted by Crippen LogP contribution is 2.26. The molecule has 0 heterocycles. The summed E-state index contributed by atoms with van der Waals surface area (Å²) in [6.07, 6.45) is 4.57. The maximum atomic E-state index is 11.9. The van der Waals surface area contributed by atoms with Gasteiger partial charge in [-0.05, 0) is 55.8 Å². The van der Waals surface area contributed by atoms with E-state index in [0.717, 1.165) is 43.7 Å². The Morgan fingerprint density at radius 2 is 1.68 bits per heavy atom. The van der Waals surface area contributed by atoms with Crippen molar-refractivity contribution in [2.24, 2.45) is 5.73 Å². The number of nitrogens with two attached hydrogens (primary N) is 1. The van der Waals surface area contributed by atoms with Gasteiger partial charge in [0.25, 0.3) is 0 Å². The van der Waals surface area contributed by atoms with E-state index in [4.69, 9.17) is 15.2 Å². The van der Waals surface area contributed by atoms with Gasteiger partial charge in [0.1, 0.15) is 17.2 Å². The fraction of sp³-hybridized carbons (Fsp3) is 0.350. The van der Waals surface area contributed by atoms with Crippen molar-refractivity contribution in [1.82, 2.24) is 0 Å². The smallest absolute Gasteiger partial charge is 0.224 e. The minimum atomic E-state index is 0.0363.